The molecule has 9 heteroatoms. The zero-order valence-corrected chi connectivity index (χ0v) is 23.9. The molecule has 0 amide bonds. The van der Waals surface area contributed by atoms with Gasteiger partial charge in [-0.25, -0.2) is 27.5 Å². The van der Waals surface area contributed by atoms with E-state index >= 15 is 0 Å². The van der Waals surface area contributed by atoms with Crippen molar-refractivity contribution in [3.8, 4) is 0 Å². The Morgan fingerprint density at radius 1 is 0.900 bits per heavy atom. The first-order valence-corrected chi connectivity index (χ1v) is 15.8. The van der Waals surface area contributed by atoms with E-state index in [1.54, 1.807) is 4.31 Å². The molecule has 2 aliphatic heterocycles. The van der Waals surface area contributed by atoms with Gasteiger partial charge in [0.15, 0.2) is 0 Å². The van der Waals surface area contributed by atoms with Crippen LogP contribution in [0, 0.1) is 18.8 Å². The summed E-state index contributed by atoms with van der Waals surface area (Å²) in [6, 6.07) is 18.2. The second-order valence-electron chi connectivity index (χ2n) is 11.2. The molecule has 0 bridgehead atoms. The summed E-state index contributed by atoms with van der Waals surface area (Å²) in [6.45, 7) is 4.53. The molecule has 212 valence electrons. The number of carboxylic acid groups (broad SMARTS) is 1. The van der Waals surface area contributed by atoms with Gasteiger partial charge in [-0.2, -0.15) is 0 Å². The van der Waals surface area contributed by atoms with Crippen molar-refractivity contribution in [1.29, 1.82) is 0 Å². The van der Waals surface area contributed by atoms with Gasteiger partial charge in [0.25, 0.3) is 0 Å². The fourth-order valence-electron chi connectivity index (χ4n) is 5.95. The predicted molar refractivity (Wildman–Crippen MR) is 156 cm³/mol. The number of aromatic nitrogens is 2. The molecular weight excluding hydrogens is 524 g/mol. The van der Waals surface area contributed by atoms with Gasteiger partial charge < -0.3 is 10.0 Å². The quantitative estimate of drug-likeness (QED) is 0.402. The van der Waals surface area contributed by atoms with Gasteiger partial charge in [-0.15, -0.1) is 0 Å². The van der Waals surface area contributed by atoms with Crippen LogP contribution < -0.4 is 4.90 Å². The van der Waals surface area contributed by atoms with Crippen LogP contribution in [0.4, 0.5) is 5.95 Å². The van der Waals surface area contributed by atoms with E-state index in [1.807, 2.05) is 37.3 Å². The number of carbonyl (C=O) groups is 1. The highest BCUT2D eigenvalue weighted by atomic mass is 32.2. The van der Waals surface area contributed by atoms with Gasteiger partial charge in [0.2, 0.25) is 16.0 Å². The minimum atomic E-state index is -3.41. The summed E-state index contributed by atoms with van der Waals surface area (Å²) in [5, 5.41) is 9.80. The molecule has 40 heavy (non-hydrogen) atoms. The molecule has 8 nitrogen and oxygen atoms in total. The number of anilines is 1. The first kappa shape index (κ1) is 28.2. The number of carboxylic acids is 1. The Balaban J connectivity index is 1.19. The van der Waals surface area contributed by atoms with E-state index in [-0.39, 0.29) is 17.2 Å². The molecule has 1 aromatic heterocycles. The Labute approximate surface area is 237 Å². The summed E-state index contributed by atoms with van der Waals surface area (Å²) in [5.74, 6) is 0.351. The van der Waals surface area contributed by atoms with Crippen LogP contribution in [0.25, 0.3) is 0 Å². The summed E-state index contributed by atoms with van der Waals surface area (Å²) in [4.78, 5) is 23.3. The Bertz CT molecular complexity index is 1410. The number of nitrogens with zero attached hydrogens (tertiary/aromatic N) is 4. The molecule has 1 N–H and O–H groups in total. The number of sulfonamides is 1. The van der Waals surface area contributed by atoms with Crippen LogP contribution in [-0.2, 0) is 28.6 Å². The van der Waals surface area contributed by atoms with Crippen LogP contribution in [0.3, 0.4) is 0 Å². The zero-order valence-electron chi connectivity index (χ0n) is 23.1. The predicted octanol–water partition coefficient (Wildman–Crippen LogP) is 4.73. The lowest BCUT2D eigenvalue weighted by molar-refractivity contribution is 0.0694. The molecule has 0 saturated carbocycles. The first-order chi connectivity index (χ1) is 19.3. The van der Waals surface area contributed by atoms with E-state index in [1.165, 1.54) is 11.8 Å². The molecule has 2 fully saturated rings. The molecule has 0 unspecified atom stereocenters. The monoisotopic (exact) mass is 562 g/mol. The average molecular weight is 563 g/mol. The molecule has 5 rings (SSSR count). The van der Waals surface area contributed by atoms with Gasteiger partial charge in [0, 0.05) is 32.4 Å². The maximum absolute atomic E-state index is 13.0. The minimum Gasteiger partial charge on any atom is -0.478 e. The second kappa shape index (κ2) is 12.5. The third kappa shape index (κ3) is 7.06. The van der Waals surface area contributed by atoms with Crippen LogP contribution in [0.2, 0.25) is 0 Å². The standard InChI is InChI=1S/C31H38N4O4S/c1-23-6-5-9-27(18-23)22-40(38,39)35-16-12-26(13-17-35)20-29-28(30(36)37)21-32-31(33-29)34-14-10-25(11-15-34)19-24-7-3-2-4-8-24/h2-9,18,21,25-26H,10-17,19-20,22H2,1H3,(H,36,37). The Kier molecular flexibility index (Phi) is 8.81. The van der Waals surface area contributed by atoms with Crippen LogP contribution in [0.1, 0.15) is 58.4 Å². The number of rotatable bonds is 9. The van der Waals surface area contributed by atoms with Crippen LogP contribution >= 0.6 is 0 Å². The normalized spacial score (nSPS) is 17.7. The lowest BCUT2D eigenvalue weighted by Crippen LogP contribution is -2.39. The smallest absolute Gasteiger partial charge is 0.339 e. The van der Waals surface area contributed by atoms with Gasteiger partial charge in [-0.1, -0.05) is 60.2 Å². The first-order valence-electron chi connectivity index (χ1n) is 14.2. The minimum absolute atomic E-state index is 0.000179. The van der Waals surface area contributed by atoms with E-state index in [9.17, 15) is 18.3 Å². The molecule has 3 aromatic rings. The molecule has 2 aromatic carbocycles. The molecule has 2 aliphatic rings. The van der Waals surface area contributed by atoms with Gasteiger partial charge in [0.05, 0.1) is 17.0 Å². The highest BCUT2D eigenvalue weighted by molar-refractivity contribution is 7.88. The summed E-state index contributed by atoms with van der Waals surface area (Å²) in [5.41, 5.74) is 3.88. The largest absolute Gasteiger partial charge is 0.478 e. The van der Waals surface area contributed by atoms with E-state index in [2.05, 4.69) is 34.1 Å². The van der Waals surface area contributed by atoms with Crippen LogP contribution in [0.15, 0.2) is 60.8 Å². The third-order valence-corrected chi connectivity index (χ3v) is 10.1. The van der Waals surface area contributed by atoms with Crippen molar-refractivity contribution in [3.63, 3.8) is 0 Å². The molecule has 0 radical (unpaired) electrons. The van der Waals surface area contributed by atoms with Gasteiger partial charge in [-0.05, 0) is 68.4 Å². The molecule has 0 aliphatic carbocycles. The number of aromatic carboxylic acids is 1. The molecule has 0 spiro atoms. The molecule has 0 atom stereocenters. The molecular formula is C31H38N4O4S. The van der Waals surface area contributed by atoms with Crippen LogP contribution in [-0.4, -0.2) is 59.9 Å². The number of hydrogen-bond donors (Lipinski definition) is 1. The SMILES string of the molecule is Cc1cccc(CS(=O)(=O)N2CCC(Cc3nc(N4CCC(Cc5ccccc5)CC4)ncc3C(=O)O)CC2)c1. The van der Waals surface area contributed by atoms with Crippen molar-refractivity contribution in [1.82, 2.24) is 14.3 Å². The Morgan fingerprint density at radius 3 is 2.23 bits per heavy atom. The summed E-state index contributed by atoms with van der Waals surface area (Å²) >= 11 is 0. The Hall–Kier alpha value is -3.30. The number of piperidine rings is 2. The van der Waals surface area contributed by atoms with E-state index in [0.29, 0.717) is 49.9 Å². The maximum Gasteiger partial charge on any atom is 0.339 e. The fraction of sp³-hybridized carbons (Fsp3) is 0.452. The van der Waals surface area contributed by atoms with Crippen molar-refractivity contribution in [2.75, 3.05) is 31.1 Å². The molecule has 2 saturated heterocycles. The average Bonchev–Trinajstić information content (AvgIpc) is 2.94. The summed E-state index contributed by atoms with van der Waals surface area (Å²) < 4.78 is 27.7. The lowest BCUT2D eigenvalue weighted by atomic mass is 9.90. The van der Waals surface area contributed by atoms with Gasteiger partial charge in [-0.3, -0.25) is 0 Å². The summed E-state index contributed by atoms with van der Waals surface area (Å²) in [6.07, 6.45) is 6.46. The summed E-state index contributed by atoms with van der Waals surface area (Å²) in [7, 11) is -3.41. The zero-order chi connectivity index (χ0) is 28.1. The fourth-order valence-corrected chi connectivity index (χ4v) is 7.50. The number of benzene rings is 2. The van der Waals surface area contributed by atoms with E-state index in [0.717, 1.165) is 43.5 Å². The third-order valence-electron chi connectivity index (χ3n) is 8.23. The van der Waals surface area contributed by atoms with Gasteiger partial charge >= 0.3 is 5.97 Å². The highest BCUT2D eigenvalue weighted by Gasteiger charge is 2.30. The Morgan fingerprint density at radius 2 is 1.55 bits per heavy atom. The maximum atomic E-state index is 13.0. The van der Waals surface area contributed by atoms with Crippen molar-refractivity contribution >= 4 is 21.9 Å². The van der Waals surface area contributed by atoms with Crippen molar-refractivity contribution in [2.24, 2.45) is 11.8 Å². The van der Waals surface area contributed by atoms with Crippen molar-refractivity contribution < 1.29 is 18.3 Å². The number of hydrogen-bond acceptors (Lipinski definition) is 6. The second-order valence-corrected chi connectivity index (χ2v) is 13.2. The lowest BCUT2D eigenvalue weighted by Gasteiger charge is -2.33. The van der Waals surface area contributed by atoms with Crippen molar-refractivity contribution in [3.05, 3.63) is 88.7 Å². The van der Waals surface area contributed by atoms with Crippen molar-refractivity contribution in [2.45, 2.75) is 51.2 Å². The van der Waals surface area contributed by atoms with Crippen LogP contribution in [0.5, 0.6) is 0 Å². The number of aryl methyl sites for hydroxylation is 1. The topological polar surface area (TPSA) is 104 Å². The van der Waals surface area contributed by atoms with Gasteiger partial charge in [0.1, 0.15) is 0 Å². The highest BCUT2D eigenvalue weighted by Crippen LogP contribution is 2.28. The van der Waals surface area contributed by atoms with E-state index in [4.69, 9.17) is 4.98 Å². The van der Waals surface area contributed by atoms with E-state index < -0.39 is 16.0 Å². The molecule has 3 heterocycles.